The van der Waals surface area contributed by atoms with Crippen molar-refractivity contribution in [1.82, 2.24) is 10.1 Å². The second-order valence-corrected chi connectivity index (χ2v) is 6.15. The van der Waals surface area contributed by atoms with Crippen LogP contribution in [0.1, 0.15) is 31.2 Å². The van der Waals surface area contributed by atoms with Crippen molar-refractivity contribution in [3.8, 4) is 17.1 Å². The van der Waals surface area contributed by atoms with Gasteiger partial charge in [-0.15, -0.1) is 0 Å². The van der Waals surface area contributed by atoms with Crippen LogP contribution in [0.15, 0.2) is 53.1 Å². The minimum atomic E-state index is -0.00852. The summed E-state index contributed by atoms with van der Waals surface area (Å²) in [5.74, 6) is 1.83. The Bertz CT molecular complexity index is 888. The molecule has 0 bridgehead atoms. The number of carbonyl (C=O) groups excluding carboxylic acids is 1. The summed E-state index contributed by atoms with van der Waals surface area (Å²) >= 11 is 0. The van der Waals surface area contributed by atoms with Crippen LogP contribution in [-0.4, -0.2) is 23.2 Å². The first-order chi connectivity index (χ1) is 13.2. The van der Waals surface area contributed by atoms with Crippen molar-refractivity contribution in [3.63, 3.8) is 0 Å². The predicted octanol–water partition coefficient (Wildman–Crippen LogP) is 4.27. The van der Waals surface area contributed by atoms with Crippen LogP contribution in [0.3, 0.4) is 0 Å². The largest absolute Gasteiger partial charge is 0.497 e. The van der Waals surface area contributed by atoms with Gasteiger partial charge in [0.1, 0.15) is 5.75 Å². The van der Waals surface area contributed by atoms with Crippen LogP contribution in [0, 0.1) is 0 Å². The van der Waals surface area contributed by atoms with E-state index in [1.54, 1.807) is 7.11 Å². The minimum Gasteiger partial charge on any atom is -0.497 e. The van der Waals surface area contributed by atoms with Gasteiger partial charge in [0.15, 0.2) is 0 Å². The van der Waals surface area contributed by atoms with E-state index in [9.17, 15) is 4.79 Å². The van der Waals surface area contributed by atoms with E-state index in [2.05, 4.69) is 22.4 Å². The molecule has 1 heterocycles. The van der Waals surface area contributed by atoms with Crippen molar-refractivity contribution >= 4 is 11.6 Å². The Morgan fingerprint density at radius 1 is 1.15 bits per heavy atom. The number of ether oxygens (including phenoxy) is 1. The molecule has 6 nitrogen and oxygen atoms in total. The Labute approximate surface area is 158 Å². The van der Waals surface area contributed by atoms with E-state index in [-0.39, 0.29) is 5.91 Å². The molecule has 0 saturated heterocycles. The Hall–Kier alpha value is -3.15. The number of hydrogen-bond acceptors (Lipinski definition) is 5. The summed E-state index contributed by atoms with van der Waals surface area (Å²) < 4.78 is 10.4. The van der Waals surface area contributed by atoms with Gasteiger partial charge in [0, 0.05) is 24.1 Å². The molecule has 1 N–H and O–H groups in total. The molecule has 3 aromatic rings. The van der Waals surface area contributed by atoms with Crippen LogP contribution in [0.25, 0.3) is 11.4 Å². The first-order valence-electron chi connectivity index (χ1n) is 9.04. The number of hydrogen-bond donors (Lipinski definition) is 1. The van der Waals surface area contributed by atoms with E-state index >= 15 is 0 Å². The van der Waals surface area contributed by atoms with Crippen LogP contribution in [0.2, 0.25) is 0 Å². The average Bonchev–Trinajstić information content (AvgIpc) is 3.17. The number of methoxy groups -OCH3 is 1. The maximum Gasteiger partial charge on any atom is 0.226 e. The zero-order valence-electron chi connectivity index (χ0n) is 15.6. The highest BCUT2D eigenvalue weighted by Gasteiger charge is 2.10. The molecule has 2 aromatic carbocycles. The molecular formula is C21H23N3O3. The maximum absolute atomic E-state index is 12.2. The summed E-state index contributed by atoms with van der Waals surface area (Å²) in [5.41, 5.74) is 2.87. The zero-order valence-corrected chi connectivity index (χ0v) is 15.6. The zero-order chi connectivity index (χ0) is 19.1. The smallest absolute Gasteiger partial charge is 0.226 e. The lowest BCUT2D eigenvalue weighted by molar-refractivity contribution is -0.116. The molecule has 0 unspecified atom stereocenters. The molecule has 0 aliphatic carbocycles. The fraction of sp³-hybridized carbons (Fsp3) is 0.286. The molecule has 6 heteroatoms. The third kappa shape index (κ3) is 4.94. The van der Waals surface area contributed by atoms with E-state index in [4.69, 9.17) is 9.26 Å². The number of amides is 1. The second-order valence-electron chi connectivity index (χ2n) is 6.15. The Morgan fingerprint density at radius 2 is 1.93 bits per heavy atom. The summed E-state index contributed by atoms with van der Waals surface area (Å²) in [5, 5.41) is 6.97. The number of rotatable bonds is 8. The van der Waals surface area contributed by atoms with Crippen LogP contribution >= 0.6 is 0 Å². The van der Waals surface area contributed by atoms with E-state index in [0.29, 0.717) is 31.0 Å². The fourth-order valence-corrected chi connectivity index (χ4v) is 2.78. The number of nitrogens with zero attached hydrogens (tertiary/aromatic N) is 2. The molecule has 0 atom stereocenters. The summed E-state index contributed by atoms with van der Waals surface area (Å²) in [6, 6.07) is 15.3. The lowest BCUT2D eigenvalue weighted by atomic mass is 10.1. The van der Waals surface area contributed by atoms with Crippen molar-refractivity contribution in [2.75, 3.05) is 12.4 Å². The third-order valence-electron chi connectivity index (χ3n) is 4.28. The summed E-state index contributed by atoms with van der Waals surface area (Å²) in [6.07, 6.45) is 2.49. The maximum atomic E-state index is 12.2. The number of benzene rings is 2. The first kappa shape index (κ1) is 18.6. The number of para-hydroxylation sites is 1. The van der Waals surface area contributed by atoms with Crippen molar-refractivity contribution in [2.45, 2.75) is 32.6 Å². The van der Waals surface area contributed by atoms with Gasteiger partial charge in [-0.05, 0) is 48.7 Å². The molecular weight excluding hydrogens is 342 g/mol. The SMILES string of the molecule is CCc1ccccc1NC(=O)CCCc1nc(-c2ccc(OC)cc2)no1. The van der Waals surface area contributed by atoms with Gasteiger partial charge >= 0.3 is 0 Å². The Balaban J connectivity index is 1.50. The van der Waals surface area contributed by atoms with E-state index in [1.807, 2.05) is 48.5 Å². The number of aryl methyl sites for hydroxylation is 2. The average molecular weight is 365 g/mol. The number of aromatic nitrogens is 2. The molecule has 0 spiro atoms. The molecule has 1 aromatic heterocycles. The summed E-state index contributed by atoms with van der Waals surface area (Å²) in [6.45, 7) is 2.07. The molecule has 0 aliphatic rings. The molecule has 27 heavy (non-hydrogen) atoms. The van der Waals surface area contributed by atoms with Crippen LogP contribution < -0.4 is 10.1 Å². The highest BCUT2D eigenvalue weighted by molar-refractivity contribution is 5.91. The van der Waals surface area contributed by atoms with Gasteiger partial charge in [-0.1, -0.05) is 30.3 Å². The Morgan fingerprint density at radius 3 is 2.67 bits per heavy atom. The number of anilines is 1. The highest BCUT2D eigenvalue weighted by Crippen LogP contribution is 2.20. The quantitative estimate of drug-likeness (QED) is 0.645. The van der Waals surface area contributed by atoms with Crippen molar-refractivity contribution in [2.24, 2.45) is 0 Å². The summed E-state index contributed by atoms with van der Waals surface area (Å²) in [7, 11) is 1.62. The summed E-state index contributed by atoms with van der Waals surface area (Å²) in [4.78, 5) is 16.6. The molecule has 0 radical (unpaired) electrons. The van der Waals surface area contributed by atoms with Crippen molar-refractivity contribution in [3.05, 3.63) is 60.0 Å². The molecule has 0 aliphatic heterocycles. The van der Waals surface area contributed by atoms with Crippen LogP contribution in [0.4, 0.5) is 5.69 Å². The molecule has 1 amide bonds. The number of nitrogens with one attached hydrogen (secondary N) is 1. The standard InChI is InChI=1S/C21H23N3O3/c1-3-15-7-4-5-8-18(15)22-19(25)9-6-10-20-23-21(24-27-20)16-11-13-17(26-2)14-12-16/h4-5,7-8,11-14H,3,6,9-10H2,1-2H3,(H,22,25). The van der Waals surface area contributed by atoms with Gasteiger partial charge < -0.3 is 14.6 Å². The topological polar surface area (TPSA) is 77.2 Å². The second kappa shape index (κ2) is 8.98. The third-order valence-corrected chi connectivity index (χ3v) is 4.28. The van der Waals surface area contributed by atoms with Gasteiger partial charge in [0.05, 0.1) is 7.11 Å². The lowest BCUT2D eigenvalue weighted by Crippen LogP contribution is -2.12. The van der Waals surface area contributed by atoms with E-state index < -0.39 is 0 Å². The normalized spacial score (nSPS) is 10.6. The number of carbonyl (C=O) groups is 1. The van der Waals surface area contributed by atoms with Gasteiger partial charge in [0.25, 0.3) is 0 Å². The van der Waals surface area contributed by atoms with Gasteiger partial charge in [-0.3, -0.25) is 4.79 Å². The molecule has 0 saturated carbocycles. The minimum absolute atomic E-state index is 0.00852. The van der Waals surface area contributed by atoms with E-state index in [0.717, 1.165) is 29.0 Å². The first-order valence-corrected chi connectivity index (χ1v) is 9.04. The molecule has 140 valence electrons. The lowest BCUT2D eigenvalue weighted by Gasteiger charge is -2.09. The van der Waals surface area contributed by atoms with Gasteiger partial charge in [-0.2, -0.15) is 4.98 Å². The van der Waals surface area contributed by atoms with Crippen molar-refractivity contribution < 1.29 is 14.1 Å². The van der Waals surface area contributed by atoms with Crippen LogP contribution in [-0.2, 0) is 17.6 Å². The van der Waals surface area contributed by atoms with Gasteiger partial charge in [-0.25, -0.2) is 0 Å². The predicted molar refractivity (Wildman–Crippen MR) is 104 cm³/mol. The Kier molecular flexibility index (Phi) is 6.20. The molecule has 3 rings (SSSR count). The fourth-order valence-electron chi connectivity index (χ4n) is 2.78. The van der Waals surface area contributed by atoms with E-state index in [1.165, 1.54) is 0 Å². The monoisotopic (exact) mass is 365 g/mol. The van der Waals surface area contributed by atoms with Crippen LogP contribution in [0.5, 0.6) is 5.75 Å². The van der Waals surface area contributed by atoms with Gasteiger partial charge in [0.2, 0.25) is 17.6 Å². The molecule has 0 fully saturated rings. The van der Waals surface area contributed by atoms with Crippen molar-refractivity contribution in [1.29, 1.82) is 0 Å². The highest BCUT2D eigenvalue weighted by atomic mass is 16.5.